The van der Waals surface area contributed by atoms with Gasteiger partial charge in [-0.1, -0.05) is 0 Å². The smallest absolute Gasteiger partial charge is 0.303 e. The molecule has 2 atom stereocenters. The van der Waals surface area contributed by atoms with Crippen LogP contribution in [-0.4, -0.2) is 21.7 Å². The normalized spacial score (nSPS) is 14.8. The van der Waals surface area contributed by atoms with Crippen LogP contribution in [0, 0.1) is 0 Å². The van der Waals surface area contributed by atoms with Crippen molar-refractivity contribution in [1.29, 1.82) is 0 Å². The molecule has 0 aromatic heterocycles. The molecule has 0 amide bonds. The molecule has 0 rings (SSSR count). The lowest BCUT2D eigenvalue weighted by atomic mass is 10.2. The zero-order valence-corrected chi connectivity index (χ0v) is 8.41. The van der Waals surface area contributed by atoms with E-state index < -0.39 is 5.97 Å². The third-order valence-corrected chi connectivity index (χ3v) is 2.22. The van der Waals surface area contributed by atoms with Gasteiger partial charge in [0.15, 0.2) is 0 Å². The minimum absolute atomic E-state index is 0. The van der Waals surface area contributed by atoms with Gasteiger partial charge in [0, 0.05) is 11.7 Å². The number of carboxylic acids is 1. The molecule has 0 aliphatic rings. The van der Waals surface area contributed by atoms with Crippen molar-refractivity contribution in [2.75, 3.05) is 0 Å². The van der Waals surface area contributed by atoms with Crippen molar-refractivity contribution in [3.05, 3.63) is 0 Å². The van der Waals surface area contributed by atoms with Crippen LogP contribution in [0.4, 0.5) is 0 Å². The first-order chi connectivity index (χ1) is 4.54. The molecule has 6 heteroatoms. The van der Waals surface area contributed by atoms with Crippen molar-refractivity contribution in [2.24, 2.45) is 5.73 Å². The fraction of sp³-hybridized carbons (Fsp3) is 0.800. The highest BCUT2D eigenvalue weighted by Gasteiger charge is 2.10. The highest BCUT2D eigenvalue weighted by Crippen LogP contribution is 2.10. The van der Waals surface area contributed by atoms with Crippen LogP contribution in [0.25, 0.3) is 0 Å². The molecule has 0 saturated carbocycles. The van der Waals surface area contributed by atoms with Gasteiger partial charge in [0.25, 0.3) is 0 Å². The molecule has 0 fully saturated rings. The second-order valence-electron chi connectivity index (χ2n) is 1.99. The van der Waals surface area contributed by atoms with E-state index in [1.54, 1.807) is 0 Å². The number of nitrogens with two attached hydrogens (primary N) is 1. The fourth-order valence-electron chi connectivity index (χ4n) is 0.442. The number of hydrogen-bond donors (Lipinski definition) is 4. The zero-order chi connectivity index (χ0) is 8.15. The van der Waals surface area contributed by atoms with E-state index in [1.807, 2.05) is 0 Å². The second kappa shape index (κ2) is 7.09. The highest BCUT2D eigenvalue weighted by molar-refractivity contribution is 7.85. The molecule has 11 heavy (non-hydrogen) atoms. The highest BCUT2D eigenvalue weighted by atomic mass is 35.5. The Balaban J connectivity index is 0. The minimum Gasteiger partial charge on any atom is -0.481 e. The first-order valence-corrected chi connectivity index (χ1v) is 3.91. The molecule has 68 valence electrons. The maximum atomic E-state index is 10.0. The summed E-state index contributed by atoms with van der Waals surface area (Å²) in [7, 11) is 0. The van der Waals surface area contributed by atoms with E-state index in [2.05, 4.69) is 25.3 Å². The molecule has 0 radical (unpaired) electrons. The molecule has 0 aliphatic carbocycles. The van der Waals surface area contributed by atoms with Crippen LogP contribution in [0.15, 0.2) is 0 Å². The predicted molar refractivity (Wildman–Crippen MR) is 53.9 cm³/mol. The standard InChI is InChI=1S/C5H11NO2S2.ClH/c6-5(10)3(9)1-2-4(7)8;/h3,5,9-10H,1-2,6H2,(H,7,8);1H. The second-order valence-corrected chi connectivity index (χ2v) is 3.25. The maximum Gasteiger partial charge on any atom is 0.303 e. The topological polar surface area (TPSA) is 63.3 Å². The van der Waals surface area contributed by atoms with Crippen LogP contribution in [0.3, 0.4) is 0 Å². The summed E-state index contributed by atoms with van der Waals surface area (Å²) in [5.74, 6) is -0.826. The van der Waals surface area contributed by atoms with Gasteiger partial charge < -0.3 is 10.8 Å². The lowest BCUT2D eigenvalue weighted by Gasteiger charge is -2.11. The van der Waals surface area contributed by atoms with Gasteiger partial charge in [0.1, 0.15) is 0 Å². The summed E-state index contributed by atoms with van der Waals surface area (Å²) in [6.07, 6.45) is 0.561. The van der Waals surface area contributed by atoms with Crippen LogP contribution in [0.1, 0.15) is 12.8 Å². The summed E-state index contributed by atoms with van der Waals surface area (Å²) in [4.78, 5) is 10.0. The number of carbonyl (C=O) groups is 1. The van der Waals surface area contributed by atoms with Gasteiger partial charge in [-0.25, -0.2) is 0 Å². The van der Waals surface area contributed by atoms with E-state index >= 15 is 0 Å². The number of rotatable bonds is 4. The lowest BCUT2D eigenvalue weighted by molar-refractivity contribution is -0.137. The third-order valence-electron chi connectivity index (χ3n) is 1.05. The summed E-state index contributed by atoms with van der Waals surface area (Å²) in [6.45, 7) is 0. The Morgan fingerprint density at radius 3 is 2.27 bits per heavy atom. The van der Waals surface area contributed by atoms with Crippen LogP contribution >= 0.6 is 37.7 Å². The van der Waals surface area contributed by atoms with Gasteiger partial charge in [0.05, 0.1) is 5.37 Å². The summed E-state index contributed by atoms with van der Waals surface area (Å²) >= 11 is 7.94. The van der Waals surface area contributed by atoms with Gasteiger partial charge in [-0.3, -0.25) is 4.79 Å². The molecular formula is C5H12ClNO2S2. The Hall–Kier alpha value is 0.420. The number of hydrogen-bond acceptors (Lipinski definition) is 4. The molecule has 0 aliphatic heterocycles. The molecule has 0 aromatic carbocycles. The van der Waals surface area contributed by atoms with Crippen LogP contribution in [-0.2, 0) is 4.79 Å². The number of aliphatic carboxylic acids is 1. The van der Waals surface area contributed by atoms with Crippen LogP contribution in [0.5, 0.6) is 0 Å². The first-order valence-electron chi connectivity index (χ1n) is 2.87. The fourth-order valence-corrected chi connectivity index (χ4v) is 0.720. The molecule has 0 saturated heterocycles. The summed E-state index contributed by atoms with van der Waals surface area (Å²) < 4.78 is 0. The Labute approximate surface area is 83.0 Å². The van der Waals surface area contributed by atoms with E-state index in [4.69, 9.17) is 10.8 Å². The van der Waals surface area contributed by atoms with Gasteiger partial charge in [-0.05, 0) is 6.42 Å². The number of thiol groups is 2. The van der Waals surface area contributed by atoms with Crippen LogP contribution in [0.2, 0.25) is 0 Å². The predicted octanol–water partition coefficient (Wildman–Crippen LogP) is 0.786. The van der Waals surface area contributed by atoms with Gasteiger partial charge in [-0.2, -0.15) is 25.3 Å². The minimum atomic E-state index is -0.826. The summed E-state index contributed by atoms with van der Waals surface area (Å²) in [5, 5.41) is 7.76. The zero-order valence-electron chi connectivity index (χ0n) is 5.80. The molecule has 0 spiro atoms. The number of halogens is 1. The monoisotopic (exact) mass is 217 g/mol. The molecule has 0 aromatic rings. The summed E-state index contributed by atoms with van der Waals surface area (Å²) in [6, 6.07) is 0. The van der Waals surface area contributed by atoms with E-state index in [-0.39, 0.29) is 29.5 Å². The van der Waals surface area contributed by atoms with Crippen LogP contribution < -0.4 is 5.73 Å². The molecule has 0 bridgehead atoms. The van der Waals surface area contributed by atoms with Crippen molar-refractivity contribution in [2.45, 2.75) is 23.5 Å². The molecular weight excluding hydrogens is 206 g/mol. The van der Waals surface area contributed by atoms with Crippen molar-refractivity contribution in [1.82, 2.24) is 0 Å². The molecule has 0 heterocycles. The van der Waals surface area contributed by atoms with Crippen molar-refractivity contribution in [3.63, 3.8) is 0 Å². The van der Waals surface area contributed by atoms with Crippen molar-refractivity contribution in [3.8, 4) is 0 Å². The average Bonchev–Trinajstić information content (AvgIpc) is 1.82. The van der Waals surface area contributed by atoms with E-state index in [1.165, 1.54) is 0 Å². The third kappa shape index (κ3) is 8.33. The van der Waals surface area contributed by atoms with Crippen molar-refractivity contribution >= 4 is 43.6 Å². The molecule has 3 N–H and O–H groups in total. The first kappa shape index (κ1) is 14.0. The van der Waals surface area contributed by atoms with Crippen molar-refractivity contribution < 1.29 is 9.90 Å². The average molecular weight is 218 g/mol. The molecule has 3 nitrogen and oxygen atoms in total. The van der Waals surface area contributed by atoms with Gasteiger partial charge >= 0.3 is 5.97 Å². The van der Waals surface area contributed by atoms with Gasteiger partial charge in [0.2, 0.25) is 0 Å². The lowest BCUT2D eigenvalue weighted by Crippen LogP contribution is -2.25. The Morgan fingerprint density at radius 1 is 1.55 bits per heavy atom. The SMILES string of the molecule is Cl.NC(S)C(S)CCC(=O)O. The Morgan fingerprint density at radius 2 is 2.00 bits per heavy atom. The van der Waals surface area contributed by atoms with Gasteiger partial charge in [-0.15, -0.1) is 12.4 Å². The summed E-state index contributed by atoms with van der Waals surface area (Å²) in [5.41, 5.74) is 5.32. The largest absolute Gasteiger partial charge is 0.481 e. The van der Waals surface area contributed by atoms with E-state index in [0.717, 1.165) is 0 Å². The Bertz CT molecular complexity index is 123. The molecule has 2 unspecified atom stereocenters. The van der Waals surface area contributed by atoms with E-state index in [9.17, 15) is 4.79 Å². The maximum absolute atomic E-state index is 10.0. The number of carboxylic acid groups (broad SMARTS) is 1. The van der Waals surface area contributed by atoms with E-state index in [0.29, 0.717) is 6.42 Å². The quantitative estimate of drug-likeness (QED) is 0.416. The Kier molecular flexibility index (Phi) is 9.01.